The lowest BCUT2D eigenvalue weighted by Gasteiger charge is -2.26. The summed E-state index contributed by atoms with van der Waals surface area (Å²) in [6.45, 7) is 9.05. The molecule has 0 aromatic heterocycles. The van der Waals surface area contributed by atoms with Gasteiger partial charge in [0.15, 0.2) is 0 Å². The Morgan fingerprint density at radius 2 is 0.909 bits per heavy atom. The molecule has 0 bridgehead atoms. The van der Waals surface area contributed by atoms with Crippen LogP contribution in [0.15, 0.2) is 0 Å². The second-order valence-electron chi connectivity index (χ2n) is 8.36. The van der Waals surface area contributed by atoms with E-state index >= 15 is 0 Å². The molecule has 0 rings (SSSR count). The van der Waals surface area contributed by atoms with Crippen LogP contribution >= 0.6 is 0 Å². The van der Waals surface area contributed by atoms with Gasteiger partial charge in [-0.25, -0.2) is 0 Å². The Kier molecular flexibility index (Phi) is 14.5. The highest BCUT2D eigenvalue weighted by Gasteiger charge is 2.19. The van der Waals surface area contributed by atoms with Crippen LogP contribution in [0.2, 0.25) is 0 Å². The van der Waals surface area contributed by atoms with E-state index in [9.17, 15) is 0 Å². The van der Waals surface area contributed by atoms with Gasteiger partial charge in [-0.1, -0.05) is 118 Å². The van der Waals surface area contributed by atoms with Crippen LogP contribution in [0.4, 0.5) is 0 Å². The summed E-state index contributed by atoms with van der Waals surface area (Å²) in [6.07, 6.45) is 21.2. The van der Waals surface area contributed by atoms with Crippen molar-refractivity contribution in [3.63, 3.8) is 0 Å². The van der Waals surface area contributed by atoms with Crippen LogP contribution in [-0.4, -0.2) is 6.04 Å². The molecule has 1 heteroatoms. The van der Waals surface area contributed by atoms with Gasteiger partial charge < -0.3 is 5.73 Å². The maximum Gasteiger partial charge on any atom is 0.00876 e. The Bertz CT molecular complexity index is 216. The molecule has 0 saturated carbocycles. The summed E-state index contributed by atoms with van der Waals surface area (Å²) in [5.41, 5.74) is 6.47. The van der Waals surface area contributed by atoms with Crippen molar-refractivity contribution in [2.45, 2.75) is 130 Å². The summed E-state index contributed by atoms with van der Waals surface area (Å²) in [4.78, 5) is 0. The summed E-state index contributed by atoms with van der Waals surface area (Å²) >= 11 is 0. The van der Waals surface area contributed by atoms with Crippen molar-refractivity contribution in [2.24, 2.45) is 11.1 Å². The average molecular weight is 312 g/mol. The van der Waals surface area contributed by atoms with Crippen molar-refractivity contribution < 1.29 is 0 Å². The fraction of sp³-hybridized carbons (Fsp3) is 1.00. The van der Waals surface area contributed by atoms with Crippen LogP contribution in [0.25, 0.3) is 0 Å². The fourth-order valence-electron chi connectivity index (χ4n) is 2.99. The number of nitrogens with two attached hydrogens (primary N) is 1. The van der Waals surface area contributed by atoms with Crippen LogP contribution < -0.4 is 5.73 Å². The second kappa shape index (κ2) is 14.5. The molecule has 0 aromatic rings. The lowest BCUT2D eigenvalue weighted by atomic mass is 9.84. The lowest BCUT2D eigenvalue weighted by molar-refractivity contribution is 0.298. The molecule has 0 aliphatic carbocycles. The normalized spacial score (nSPS) is 13.5. The third kappa shape index (κ3) is 14.9. The first-order valence-electron chi connectivity index (χ1n) is 10.2. The molecule has 0 radical (unpaired) electrons. The van der Waals surface area contributed by atoms with Gasteiger partial charge in [-0.2, -0.15) is 0 Å². The topological polar surface area (TPSA) is 26.0 Å². The van der Waals surface area contributed by atoms with E-state index in [0.717, 1.165) is 0 Å². The smallest absolute Gasteiger partial charge is 0.00876 e. The molecule has 1 nitrogen and oxygen atoms in total. The highest BCUT2D eigenvalue weighted by atomic mass is 14.7. The predicted octanol–water partition coefficient (Wildman–Crippen LogP) is 7.23. The molecular formula is C21H45N. The first-order chi connectivity index (χ1) is 10.5. The van der Waals surface area contributed by atoms with Gasteiger partial charge >= 0.3 is 0 Å². The van der Waals surface area contributed by atoms with Crippen molar-refractivity contribution in [3.8, 4) is 0 Å². The van der Waals surface area contributed by atoms with E-state index in [1.165, 1.54) is 96.3 Å². The fourth-order valence-corrected chi connectivity index (χ4v) is 2.99. The zero-order valence-electron chi connectivity index (χ0n) is 16.3. The molecule has 1 atom stereocenters. The standard InChI is InChI=1S/C21H45N/c1-5-6-7-8-9-10-11-12-13-14-15-16-17-18-19-20(22)21(2,3)4/h20H,5-19,22H2,1-4H3. The molecule has 134 valence electrons. The van der Waals surface area contributed by atoms with E-state index < -0.39 is 0 Å². The van der Waals surface area contributed by atoms with Crippen LogP contribution in [0.1, 0.15) is 124 Å². The van der Waals surface area contributed by atoms with E-state index in [1.54, 1.807) is 0 Å². The monoisotopic (exact) mass is 311 g/mol. The zero-order valence-corrected chi connectivity index (χ0v) is 16.3. The first-order valence-corrected chi connectivity index (χ1v) is 10.2. The number of rotatable bonds is 15. The molecule has 2 N–H and O–H groups in total. The quantitative estimate of drug-likeness (QED) is 0.317. The van der Waals surface area contributed by atoms with Crippen LogP contribution in [0.5, 0.6) is 0 Å². The molecule has 1 unspecified atom stereocenters. The Morgan fingerprint density at radius 3 is 1.23 bits per heavy atom. The summed E-state index contributed by atoms with van der Waals surface area (Å²) in [5, 5.41) is 0. The van der Waals surface area contributed by atoms with Crippen LogP contribution in [0, 0.1) is 5.41 Å². The Hall–Kier alpha value is -0.0400. The van der Waals surface area contributed by atoms with E-state index in [1.807, 2.05) is 0 Å². The third-order valence-corrected chi connectivity index (χ3v) is 4.98. The Morgan fingerprint density at radius 1 is 0.591 bits per heavy atom. The highest BCUT2D eigenvalue weighted by molar-refractivity contribution is 4.76. The molecule has 0 amide bonds. The Balaban J connectivity index is 3.12. The maximum absolute atomic E-state index is 6.20. The van der Waals surface area contributed by atoms with Crippen molar-refractivity contribution in [1.29, 1.82) is 0 Å². The van der Waals surface area contributed by atoms with Gasteiger partial charge in [0.05, 0.1) is 0 Å². The minimum Gasteiger partial charge on any atom is -0.327 e. The summed E-state index contributed by atoms with van der Waals surface area (Å²) in [7, 11) is 0. The van der Waals surface area contributed by atoms with Gasteiger partial charge in [0.25, 0.3) is 0 Å². The van der Waals surface area contributed by atoms with E-state index in [4.69, 9.17) is 5.73 Å². The Labute approximate surface area is 141 Å². The lowest BCUT2D eigenvalue weighted by Crippen LogP contribution is -2.34. The van der Waals surface area contributed by atoms with Gasteiger partial charge in [-0.15, -0.1) is 0 Å². The number of unbranched alkanes of at least 4 members (excludes halogenated alkanes) is 13. The first kappa shape index (κ1) is 22.0. The maximum atomic E-state index is 6.20. The van der Waals surface area contributed by atoms with E-state index in [0.29, 0.717) is 6.04 Å². The van der Waals surface area contributed by atoms with Gasteiger partial charge in [0, 0.05) is 6.04 Å². The van der Waals surface area contributed by atoms with Crippen molar-refractivity contribution >= 4 is 0 Å². The van der Waals surface area contributed by atoms with Crippen molar-refractivity contribution in [1.82, 2.24) is 0 Å². The van der Waals surface area contributed by atoms with Gasteiger partial charge in [0.1, 0.15) is 0 Å². The number of hydrogen-bond acceptors (Lipinski definition) is 1. The van der Waals surface area contributed by atoms with E-state index in [-0.39, 0.29) is 5.41 Å². The summed E-state index contributed by atoms with van der Waals surface area (Å²) in [5.74, 6) is 0. The predicted molar refractivity (Wildman–Crippen MR) is 102 cm³/mol. The van der Waals surface area contributed by atoms with Gasteiger partial charge in [-0.3, -0.25) is 0 Å². The SMILES string of the molecule is CCCCCCCCCCCCCCCCC(N)C(C)(C)C. The molecule has 22 heavy (non-hydrogen) atoms. The molecule has 0 heterocycles. The van der Waals surface area contributed by atoms with Gasteiger partial charge in [0.2, 0.25) is 0 Å². The largest absolute Gasteiger partial charge is 0.327 e. The summed E-state index contributed by atoms with van der Waals surface area (Å²) in [6, 6.07) is 0.366. The third-order valence-electron chi connectivity index (χ3n) is 4.98. The molecule has 0 spiro atoms. The van der Waals surface area contributed by atoms with Crippen molar-refractivity contribution in [3.05, 3.63) is 0 Å². The molecular weight excluding hydrogens is 266 g/mol. The molecule has 0 saturated heterocycles. The van der Waals surface area contributed by atoms with E-state index in [2.05, 4.69) is 27.7 Å². The molecule has 0 aliphatic rings. The molecule has 0 fully saturated rings. The van der Waals surface area contributed by atoms with Crippen molar-refractivity contribution in [2.75, 3.05) is 0 Å². The zero-order chi connectivity index (χ0) is 16.7. The second-order valence-corrected chi connectivity index (χ2v) is 8.36. The van der Waals surface area contributed by atoms with Crippen LogP contribution in [-0.2, 0) is 0 Å². The average Bonchev–Trinajstić information content (AvgIpc) is 2.46. The number of hydrogen-bond donors (Lipinski definition) is 1. The minimum atomic E-state index is 0.274. The van der Waals surface area contributed by atoms with Crippen LogP contribution in [0.3, 0.4) is 0 Å². The highest BCUT2D eigenvalue weighted by Crippen LogP contribution is 2.22. The van der Waals surface area contributed by atoms with Gasteiger partial charge in [-0.05, 0) is 11.8 Å². The summed E-state index contributed by atoms with van der Waals surface area (Å²) < 4.78 is 0. The molecule has 0 aliphatic heterocycles. The molecule has 0 aromatic carbocycles. The minimum absolute atomic E-state index is 0.274.